The Kier molecular flexibility index (Phi) is 4.08. The molecule has 1 heteroatoms. The molecule has 0 nitrogen and oxygen atoms in total. The molecule has 101 valence electrons. The third kappa shape index (κ3) is 2.49. The molecule has 0 amide bonds. The van der Waals surface area contributed by atoms with Gasteiger partial charge < -0.3 is 0 Å². The van der Waals surface area contributed by atoms with E-state index >= 15 is 0 Å². The zero-order valence-electron chi connectivity index (χ0n) is 12.5. The normalized spacial score (nSPS) is 16.8. The van der Waals surface area contributed by atoms with Gasteiger partial charge in [0.2, 0.25) is 0 Å². The van der Waals surface area contributed by atoms with Gasteiger partial charge in [0.1, 0.15) is 0 Å². The van der Waals surface area contributed by atoms with Gasteiger partial charge in [-0.25, -0.2) is 0 Å². The fourth-order valence-corrected chi connectivity index (χ4v) is 7.95. The van der Waals surface area contributed by atoms with E-state index in [4.69, 9.17) is 0 Å². The van der Waals surface area contributed by atoms with Crippen molar-refractivity contribution >= 4 is 6.08 Å². The van der Waals surface area contributed by atoms with Crippen molar-refractivity contribution < 1.29 is 21.8 Å². The van der Waals surface area contributed by atoms with E-state index in [-0.39, 0.29) is 0 Å². The van der Waals surface area contributed by atoms with Crippen LogP contribution in [0.4, 0.5) is 0 Å². The van der Waals surface area contributed by atoms with Gasteiger partial charge in [-0.05, 0) is 0 Å². The van der Waals surface area contributed by atoms with Gasteiger partial charge in [-0.2, -0.15) is 0 Å². The number of fused-ring (bicyclic) bond motifs is 1. The van der Waals surface area contributed by atoms with E-state index in [1.807, 2.05) is 0 Å². The average molecular weight is 341 g/mol. The van der Waals surface area contributed by atoms with Crippen LogP contribution in [0.2, 0.25) is 9.26 Å². The minimum absolute atomic E-state index is 0.808. The summed E-state index contributed by atoms with van der Waals surface area (Å²) in [5.74, 6) is 0. The molecule has 1 atom stereocenters. The Labute approximate surface area is 130 Å². The van der Waals surface area contributed by atoms with Gasteiger partial charge in [0.25, 0.3) is 0 Å². The topological polar surface area (TPSA) is 0 Å². The summed E-state index contributed by atoms with van der Waals surface area (Å²) in [4.78, 5) is 0. The second kappa shape index (κ2) is 5.82. The molecule has 0 saturated heterocycles. The summed E-state index contributed by atoms with van der Waals surface area (Å²) in [6, 6.07) is 17.8. The van der Waals surface area contributed by atoms with Crippen LogP contribution < -0.4 is 0 Å². The number of benzene rings is 2. The van der Waals surface area contributed by atoms with Crippen LogP contribution in [0, 0.1) is 0 Å². The number of allylic oxidation sites excluding steroid dienone is 1. The SMILES string of the molecule is CCC1=Cc2cc(-c3ccccc3)ccc2[CH]1[Zr]([CH3])[CH3]. The monoisotopic (exact) mass is 339 g/mol. The van der Waals surface area contributed by atoms with Crippen molar-refractivity contribution in [3.05, 3.63) is 65.2 Å². The van der Waals surface area contributed by atoms with Crippen molar-refractivity contribution in [1.82, 2.24) is 0 Å². The van der Waals surface area contributed by atoms with Crippen molar-refractivity contribution in [3.8, 4) is 11.1 Å². The molecule has 0 aliphatic heterocycles. The van der Waals surface area contributed by atoms with Gasteiger partial charge in [0, 0.05) is 0 Å². The van der Waals surface area contributed by atoms with E-state index in [9.17, 15) is 0 Å². The molecule has 1 unspecified atom stereocenters. The van der Waals surface area contributed by atoms with Gasteiger partial charge >= 0.3 is 130 Å². The third-order valence-electron chi connectivity index (χ3n) is 4.20. The first-order valence-corrected chi connectivity index (χ1v) is 13.7. The van der Waals surface area contributed by atoms with Crippen LogP contribution in [0.1, 0.15) is 28.1 Å². The molecular formula is C19H21Zr. The fourth-order valence-electron chi connectivity index (χ4n) is 3.24. The van der Waals surface area contributed by atoms with Gasteiger partial charge in [-0.1, -0.05) is 0 Å². The quantitative estimate of drug-likeness (QED) is 0.651. The van der Waals surface area contributed by atoms with Crippen molar-refractivity contribution in [3.63, 3.8) is 0 Å². The minimum atomic E-state index is -1.26. The van der Waals surface area contributed by atoms with Crippen LogP contribution >= 0.6 is 0 Å². The first-order valence-electron chi connectivity index (χ1n) is 7.40. The standard InChI is InChI=1S/C17H15.2CH3.Zr/c1-2-13-10-15-8-9-16(12-17(15)11-13)14-6-4-3-5-7-14;;;/h3-12H,2H2,1H3;2*1H3;. The number of rotatable bonds is 3. The van der Waals surface area contributed by atoms with Crippen LogP contribution in [0.3, 0.4) is 0 Å². The Balaban J connectivity index is 2.05. The summed E-state index contributed by atoms with van der Waals surface area (Å²) in [5.41, 5.74) is 7.40. The van der Waals surface area contributed by atoms with Crippen molar-refractivity contribution in [1.29, 1.82) is 0 Å². The summed E-state index contributed by atoms with van der Waals surface area (Å²) in [5, 5.41) is 0. The van der Waals surface area contributed by atoms with E-state index in [1.165, 1.54) is 23.1 Å². The molecule has 1 aliphatic carbocycles. The van der Waals surface area contributed by atoms with Crippen LogP contribution in [0.15, 0.2) is 54.1 Å². The van der Waals surface area contributed by atoms with E-state index in [0.29, 0.717) is 0 Å². The molecule has 2 aromatic rings. The molecule has 0 N–H and O–H groups in total. The van der Waals surface area contributed by atoms with Crippen molar-refractivity contribution in [2.45, 2.75) is 26.2 Å². The van der Waals surface area contributed by atoms with Crippen LogP contribution in [-0.2, 0) is 21.8 Å². The van der Waals surface area contributed by atoms with Crippen LogP contribution in [0.5, 0.6) is 0 Å². The number of hydrogen-bond donors (Lipinski definition) is 0. The molecule has 0 fully saturated rings. The zero-order chi connectivity index (χ0) is 14.1. The predicted molar refractivity (Wildman–Crippen MR) is 84.6 cm³/mol. The van der Waals surface area contributed by atoms with Gasteiger partial charge in [-0.3, -0.25) is 0 Å². The molecule has 0 saturated carbocycles. The first-order chi connectivity index (χ1) is 9.70. The molecule has 0 heterocycles. The Morgan fingerprint density at radius 3 is 2.35 bits per heavy atom. The van der Waals surface area contributed by atoms with E-state index < -0.39 is 21.8 Å². The van der Waals surface area contributed by atoms with E-state index in [2.05, 4.69) is 70.8 Å². The Morgan fingerprint density at radius 2 is 1.70 bits per heavy atom. The molecule has 20 heavy (non-hydrogen) atoms. The molecule has 0 bridgehead atoms. The molecule has 2 aromatic carbocycles. The van der Waals surface area contributed by atoms with Crippen LogP contribution in [0.25, 0.3) is 17.2 Å². The first kappa shape index (κ1) is 14.0. The maximum absolute atomic E-state index is 2.52. The van der Waals surface area contributed by atoms with Crippen molar-refractivity contribution in [2.75, 3.05) is 0 Å². The number of hydrogen-bond acceptors (Lipinski definition) is 0. The second-order valence-corrected chi connectivity index (χ2v) is 12.5. The summed E-state index contributed by atoms with van der Waals surface area (Å²) < 4.78 is 5.86. The Bertz CT molecular complexity index is 638. The van der Waals surface area contributed by atoms with Gasteiger partial charge in [0.05, 0.1) is 0 Å². The summed E-state index contributed by atoms with van der Waals surface area (Å²) >= 11 is -1.26. The molecule has 0 aromatic heterocycles. The summed E-state index contributed by atoms with van der Waals surface area (Å²) in [6.07, 6.45) is 3.66. The van der Waals surface area contributed by atoms with Gasteiger partial charge in [-0.15, -0.1) is 0 Å². The van der Waals surface area contributed by atoms with E-state index in [1.54, 1.807) is 11.1 Å². The molecule has 1 aliphatic rings. The molecular weight excluding hydrogens is 319 g/mol. The third-order valence-corrected chi connectivity index (χ3v) is 8.72. The Morgan fingerprint density at radius 1 is 0.950 bits per heavy atom. The predicted octanol–water partition coefficient (Wildman–Crippen LogP) is 5.92. The Hall–Kier alpha value is -0.937. The molecule has 0 spiro atoms. The molecule has 0 radical (unpaired) electrons. The summed E-state index contributed by atoms with van der Waals surface area (Å²) in [7, 11) is 0. The average Bonchev–Trinajstić information content (AvgIpc) is 2.85. The maximum atomic E-state index is 2.52. The zero-order valence-corrected chi connectivity index (χ0v) is 14.9. The fraction of sp³-hybridized carbons (Fsp3) is 0.263. The molecule has 3 rings (SSSR count). The van der Waals surface area contributed by atoms with Crippen molar-refractivity contribution in [2.24, 2.45) is 0 Å². The summed E-state index contributed by atoms with van der Waals surface area (Å²) in [6.45, 7) is 2.30. The second-order valence-electron chi connectivity index (χ2n) is 5.79. The van der Waals surface area contributed by atoms with Gasteiger partial charge in [0.15, 0.2) is 0 Å². The van der Waals surface area contributed by atoms with Crippen LogP contribution in [-0.4, -0.2) is 0 Å². The van der Waals surface area contributed by atoms with E-state index in [0.717, 1.165) is 3.63 Å².